The highest BCUT2D eigenvalue weighted by atomic mass is 16.5. The smallest absolute Gasteiger partial charge is 0.0637 e. The maximum atomic E-state index is 5.31. The van der Waals surface area contributed by atoms with Gasteiger partial charge in [-0.05, 0) is 32.4 Å². The number of pyridine rings is 1. The van der Waals surface area contributed by atoms with Crippen LogP contribution in [0.2, 0.25) is 0 Å². The molecule has 0 saturated carbocycles. The fourth-order valence-corrected chi connectivity index (χ4v) is 2.66. The zero-order valence-electron chi connectivity index (χ0n) is 14.3. The van der Waals surface area contributed by atoms with E-state index in [-0.39, 0.29) is 0 Å². The monoisotopic (exact) mass is 293 g/mol. The summed E-state index contributed by atoms with van der Waals surface area (Å²) in [6.45, 7) is 12.2. The van der Waals surface area contributed by atoms with Gasteiger partial charge in [-0.15, -0.1) is 0 Å². The number of hydrogen-bond acceptors (Lipinski definition) is 4. The van der Waals surface area contributed by atoms with Crippen molar-refractivity contribution in [3.63, 3.8) is 0 Å². The summed E-state index contributed by atoms with van der Waals surface area (Å²) in [7, 11) is 1.77. The number of anilines is 1. The van der Waals surface area contributed by atoms with Crippen molar-refractivity contribution in [2.75, 3.05) is 31.7 Å². The maximum Gasteiger partial charge on any atom is 0.0637 e. The molecule has 4 heteroatoms. The van der Waals surface area contributed by atoms with E-state index in [1.165, 1.54) is 11.3 Å². The number of ether oxygens (including phenoxy) is 1. The summed E-state index contributed by atoms with van der Waals surface area (Å²) in [5.41, 5.74) is 3.64. The van der Waals surface area contributed by atoms with Crippen LogP contribution < -0.4 is 10.2 Å². The molecule has 1 heterocycles. The fourth-order valence-electron chi connectivity index (χ4n) is 2.66. The Bertz CT molecular complexity index is 405. The minimum Gasteiger partial charge on any atom is -0.383 e. The van der Waals surface area contributed by atoms with Crippen molar-refractivity contribution in [2.45, 2.75) is 53.1 Å². The van der Waals surface area contributed by atoms with Crippen molar-refractivity contribution < 1.29 is 4.74 Å². The lowest BCUT2D eigenvalue weighted by molar-refractivity contribution is 0.202. The Morgan fingerprint density at radius 3 is 2.57 bits per heavy atom. The van der Waals surface area contributed by atoms with E-state index in [1.54, 1.807) is 7.11 Å². The van der Waals surface area contributed by atoms with E-state index in [4.69, 9.17) is 4.74 Å². The molecule has 0 aliphatic rings. The van der Waals surface area contributed by atoms with Crippen LogP contribution in [0.25, 0.3) is 0 Å². The third-order valence-electron chi connectivity index (χ3n) is 3.89. The van der Waals surface area contributed by atoms with E-state index in [0.717, 1.165) is 44.8 Å². The highest BCUT2D eigenvalue weighted by molar-refractivity contribution is 5.54. The van der Waals surface area contributed by atoms with Gasteiger partial charge in [-0.1, -0.05) is 20.8 Å². The predicted octanol–water partition coefficient (Wildman–Crippen LogP) is 3.14. The Labute approximate surface area is 129 Å². The molecule has 0 fully saturated rings. The molecule has 120 valence electrons. The van der Waals surface area contributed by atoms with Gasteiger partial charge in [0.15, 0.2) is 0 Å². The molecule has 1 aromatic heterocycles. The quantitative estimate of drug-likeness (QED) is 0.719. The van der Waals surface area contributed by atoms with Gasteiger partial charge in [0, 0.05) is 49.4 Å². The largest absolute Gasteiger partial charge is 0.383 e. The molecule has 0 radical (unpaired) electrons. The number of aryl methyl sites for hydroxylation is 1. The standard InChI is InChI=1S/C17H31N3O/c1-6-16(7-2)20(9-10-21-5)17-11-14(4)19-13-15(17)12-18-8-3/h11,13,16,18H,6-10,12H2,1-5H3. The van der Waals surface area contributed by atoms with Crippen LogP contribution in [0.1, 0.15) is 44.9 Å². The molecule has 0 saturated heterocycles. The Morgan fingerprint density at radius 1 is 1.29 bits per heavy atom. The van der Waals surface area contributed by atoms with E-state index in [2.05, 4.69) is 49.0 Å². The lowest BCUT2D eigenvalue weighted by atomic mass is 10.1. The van der Waals surface area contributed by atoms with Gasteiger partial charge < -0.3 is 15.0 Å². The Balaban J connectivity index is 3.10. The summed E-state index contributed by atoms with van der Waals surface area (Å²) < 4.78 is 5.31. The number of nitrogens with one attached hydrogen (secondary N) is 1. The zero-order chi connectivity index (χ0) is 15.7. The molecule has 21 heavy (non-hydrogen) atoms. The van der Waals surface area contributed by atoms with E-state index in [0.29, 0.717) is 6.04 Å². The fraction of sp³-hybridized carbons (Fsp3) is 0.706. The first-order valence-electron chi connectivity index (χ1n) is 8.09. The minimum absolute atomic E-state index is 0.544. The van der Waals surface area contributed by atoms with Crippen molar-refractivity contribution in [3.8, 4) is 0 Å². The first-order chi connectivity index (χ1) is 10.2. The van der Waals surface area contributed by atoms with Gasteiger partial charge in [0.2, 0.25) is 0 Å². The lowest BCUT2D eigenvalue weighted by Crippen LogP contribution is -2.38. The average Bonchev–Trinajstić information content (AvgIpc) is 2.50. The number of hydrogen-bond donors (Lipinski definition) is 1. The van der Waals surface area contributed by atoms with E-state index >= 15 is 0 Å². The number of rotatable bonds is 10. The molecular formula is C17H31N3O. The van der Waals surface area contributed by atoms with Crippen LogP contribution in [0.15, 0.2) is 12.3 Å². The molecule has 0 spiro atoms. The maximum absolute atomic E-state index is 5.31. The van der Waals surface area contributed by atoms with Crippen molar-refractivity contribution in [3.05, 3.63) is 23.5 Å². The zero-order valence-corrected chi connectivity index (χ0v) is 14.3. The molecule has 0 atom stereocenters. The van der Waals surface area contributed by atoms with Crippen LogP contribution in [0.5, 0.6) is 0 Å². The van der Waals surface area contributed by atoms with Crippen LogP contribution in [0.3, 0.4) is 0 Å². The normalized spacial score (nSPS) is 11.1. The Kier molecular flexibility index (Phi) is 8.31. The molecule has 0 amide bonds. The molecule has 0 bridgehead atoms. The van der Waals surface area contributed by atoms with Gasteiger partial charge in [0.25, 0.3) is 0 Å². The van der Waals surface area contributed by atoms with Crippen LogP contribution in [-0.4, -0.2) is 37.8 Å². The average molecular weight is 293 g/mol. The topological polar surface area (TPSA) is 37.4 Å². The summed E-state index contributed by atoms with van der Waals surface area (Å²) in [5.74, 6) is 0. The minimum atomic E-state index is 0.544. The number of nitrogens with zero attached hydrogens (tertiary/aromatic N) is 2. The molecule has 1 N–H and O–H groups in total. The molecule has 1 aromatic rings. The van der Waals surface area contributed by atoms with Crippen molar-refractivity contribution in [2.24, 2.45) is 0 Å². The van der Waals surface area contributed by atoms with E-state index in [9.17, 15) is 0 Å². The van der Waals surface area contributed by atoms with Gasteiger partial charge >= 0.3 is 0 Å². The van der Waals surface area contributed by atoms with Gasteiger partial charge in [0.05, 0.1) is 6.61 Å². The van der Waals surface area contributed by atoms with E-state index < -0.39 is 0 Å². The summed E-state index contributed by atoms with van der Waals surface area (Å²) in [6.07, 6.45) is 4.29. The molecule has 1 rings (SSSR count). The molecule has 0 unspecified atom stereocenters. The SMILES string of the molecule is CCNCc1cnc(C)cc1N(CCOC)C(CC)CC. The second-order valence-corrected chi connectivity index (χ2v) is 5.39. The summed E-state index contributed by atoms with van der Waals surface area (Å²) in [4.78, 5) is 6.96. The van der Waals surface area contributed by atoms with Crippen LogP contribution in [0, 0.1) is 6.92 Å². The Morgan fingerprint density at radius 2 is 2.00 bits per heavy atom. The second-order valence-electron chi connectivity index (χ2n) is 5.39. The predicted molar refractivity (Wildman–Crippen MR) is 89.9 cm³/mol. The highest BCUT2D eigenvalue weighted by Gasteiger charge is 2.18. The van der Waals surface area contributed by atoms with Crippen LogP contribution in [0.4, 0.5) is 5.69 Å². The van der Waals surface area contributed by atoms with Gasteiger partial charge in [0.1, 0.15) is 0 Å². The van der Waals surface area contributed by atoms with Crippen molar-refractivity contribution >= 4 is 5.69 Å². The summed E-state index contributed by atoms with van der Waals surface area (Å²) >= 11 is 0. The van der Waals surface area contributed by atoms with E-state index in [1.807, 2.05) is 6.20 Å². The van der Waals surface area contributed by atoms with Gasteiger partial charge in [-0.25, -0.2) is 0 Å². The van der Waals surface area contributed by atoms with Crippen LogP contribution in [-0.2, 0) is 11.3 Å². The second kappa shape index (κ2) is 9.74. The van der Waals surface area contributed by atoms with Crippen molar-refractivity contribution in [1.82, 2.24) is 10.3 Å². The molecule has 4 nitrogen and oxygen atoms in total. The summed E-state index contributed by atoms with van der Waals surface area (Å²) in [5, 5.41) is 3.41. The molecule has 0 aromatic carbocycles. The Hall–Kier alpha value is -1.13. The first-order valence-corrected chi connectivity index (χ1v) is 8.09. The molecule has 0 aliphatic carbocycles. The van der Waals surface area contributed by atoms with Gasteiger partial charge in [-0.2, -0.15) is 0 Å². The highest BCUT2D eigenvalue weighted by Crippen LogP contribution is 2.25. The third-order valence-corrected chi connectivity index (χ3v) is 3.89. The van der Waals surface area contributed by atoms with Crippen molar-refractivity contribution in [1.29, 1.82) is 0 Å². The first kappa shape index (κ1) is 17.9. The third kappa shape index (κ3) is 5.29. The molecule has 0 aliphatic heterocycles. The van der Waals surface area contributed by atoms with Gasteiger partial charge in [-0.3, -0.25) is 4.98 Å². The number of methoxy groups -OCH3 is 1. The lowest BCUT2D eigenvalue weighted by Gasteiger charge is -2.34. The van der Waals surface area contributed by atoms with Crippen LogP contribution >= 0.6 is 0 Å². The number of aromatic nitrogens is 1. The summed E-state index contributed by atoms with van der Waals surface area (Å²) in [6, 6.07) is 2.75. The molecular weight excluding hydrogens is 262 g/mol.